The van der Waals surface area contributed by atoms with Gasteiger partial charge in [0.15, 0.2) is 0 Å². The molecule has 3 aliphatic rings. The van der Waals surface area contributed by atoms with Crippen LogP contribution in [0.1, 0.15) is 57.5 Å². The fourth-order valence-electron chi connectivity index (χ4n) is 4.51. The van der Waals surface area contributed by atoms with E-state index < -0.39 is 5.41 Å². The highest BCUT2D eigenvalue weighted by atomic mass is 16.2. The minimum atomic E-state index is -0.487. The molecule has 3 heterocycles. The van der Waals surface area contributed by atoms with Gasteiger partial charge in [-0.1, -0.05) is 0 Å². The summed E-state index contributed by atoms with van der Waals surface area (Å²) in [5, 5.41) is 0. The van der Waals surface area contributed by atoms with Gasteiger partial charge in [0.2, 0.25) is 5.91 Å². The summed E-state index contributed by atoms with van der Waals surface area (Å²) in [6, 6.07) is 4.30. The van der Waals surface area contributed by atoms with Crippen LogP contribution in [0.3, 0.4) is 0 Å². The van der Waals surface area contributed by atoms with Gasteiger partial charge in [0.05, 0.1) is 22.1 Å². The van der Waals surface area contributed by atoms with Gasteiger partial charge >= 0.3 is 0 Å². The fraction of sp³-hybridized carbons (Fsp3) is 0.474. The summed E-state index contributed by atoms with van der Waals surface area (Å²) in [6.07, 6.45) is 3.46. The molecule has 25 heavy (non-hydrogen) atoms. The largest absolute Gasteiger partial charge is 0.340 e. The highest BCUT2D eigenvalue weighted by Crippen LogP contribution is 2.44. The Morgan fingerprint density at radius 3 is 2.96 bits per heavy atom. The van der Waals surface area contributed by atoms with E-state index in [-0.39, 0.29) is 11.9 Å². The molecule has 130 valence electrons. The summed E-state index contributed by atoms with van der Waals surface area (Å²) in [5.74, 6) is 1.12. The van der Waals surface area contributed by atoms with Crippen molar-refractivity contribution in [3.8, 4) is 0 Å². The summed E-state index contributed by atoms with van der Waals surface area (Å²) >= 11 is 0. The number of benzene rings is 1. The fourth-order valence-corrected chi connectivity index (χ4v) is 4.51. The number of nitrogens with zero attached hydrogens (tertiary/aromatic N) is 2. The number of amides is 1. The van der Waals surface area contributed by atoms with Crippen LogP contribution in [0.15, 0.2) is 23.4 Å². The lowest BCUT2D eigenvalue weighted by atomic mass is 9.86. The zero-order valence-electron chi connectivity index (χ0n) is 14.9. The zero-order chi connectivity index (χ0) is 17.3. The summed E-state index contributed by atoms with van der Waals surface area (Å²) in [5.41, 5.74) is 12.9. The smallest absolute Gasteiger partial charge is 0.237 e. The molecule has 2 aromatic rings. The predicted molar refractivity (Wildman–Crippen MR) is 97.0 cm³/mol. The van der Waals surface area contributed by atoms with E-state index in [0.29, 0.717) is 6.54 Å². The maximum atomic E-state index is 12.7. The Kier molecular flexibility index (Phi) is 2.90. The van der Waals surface area contributed by atoms with Crippen LogP contribution in [0, 0.1) is 0 Å². The third-order valence-electron chi connectivity index (χ3n) is 5.93. The number of hydrogen-bond acceptors (Lipinski definition) is 4. The first-order valence-corrected chi connectivity index (χ1v) is 9.10. The highest BCUT2D eigenvalue weighted by Gasteiger charge is 2.43. The number of hydrazine groups is 1. The molecule has 2 aliphatic heterocycles. The van der Waals surface area contributed by atoms with Crippen LogP contribution in [0.4, 0.5) is 5.69 Å². The van der Waals surface area contributed by atoms with Crippen molar-refractivity contribution in [2.24, 2.45) is 0 Å². The molecule has 0 saturated carbocycles. The maximum Gasteiger partial charge on any atom is 0.237 e. The Hall–Kier alpha value is -2.34. The molecular formula is C19H23N5O. The molecular weight excluding hydrogens is 314 g/mol. The Morgan fingerprint density at radius 2 is 2.16 bits per heavy atom. The number of imidazole rings is 1. The zero-order valence-corrected chi connectivity index (χ0v) is 14.9. The molecule has 0 fully saturated rings. The second-order valence-electron chi connectivity index (χ2n) is 7.74. The molecule has 0 saturated heterocycles. The second kappa shape index (κ2) is 4.85. The van der Waals surface area contributed by atoms with E-state index in [1.165, 1.54) is 17.7 Å². The molecule has 1 aromatic heterocycles. The van der Waals surface area contributed by atoms with Gasteiger partial charge < -0.3 is 15.3 Å². The number of aromatic amines is 1. The summed E-state index contributed by atoms with van der Waals surface area (Å²) in [7, 11) is 0. The number of allylic oxidation sites excluding steroid dienone is 1. The number of anilines is 1. The number of likely N-dealkylation sites (N-methyl/N-ethyl adjacent to an activating group) is 1. The number of hydrogen-bond donors (Lipinski definition) is 3. The average molecular weight is 337 g/mol. The van der Waals surface area contributed by atoms with E-state index in [1.807, 2.05) is 25.7 Å². The maximum absolute atomic E-state index is 12.7. The van der Waals surface area contributed by atoms with Gasteiger partial charge in [0.25, 0.3) is 0 Å². The van der Waals surface area contributed by atoms with Gasteiger partial charge in [0, 0.05) is 12.2 Å². The van der Waals surface area contributed by atoms with Crippen LogP contribution >= 0.6 is 0 Å². The number of carbonyl (C=O) groups is 1. The van der Waals surface area contributed by atoms with Gasteiger partial charge in [-0.2, -0.15) is 0 Å². The number of carbonyl (C=O) groups excluding carboxylic acids is 1. The van der Waals surface area contributed by atoms with Crippen LogP contribution in [-0.2, 0) is 10.2 Å². The van der Waals surface area contributed by atoms with Gasteiger partial charge in [0.1, 0.15) is 11.9 Å². The van der Waals surface area contributed by atoms with Gasteiger partial charge in [-0.05, 0) is 63.3 Å². The van der Waals surface area contributed by atoms with E-state index in [1.54, 1.807) is 0 Å². The number of fused-ring (bicyclic) bond motifs is 2. The highest BCUT2D eigenvalue weighted by molar-refractivity contribution is 6.09. The minimum Gasteiger partial charge on any atom is -0.340 e. The van der Waals surface area contributed by atoms with Crippen molar-refractivity contribution in [2.75, 3.05) is 11.4 Å². The average Bonchev–Trinajstić information content (AvgIpc) is 3.30. The number of aromatic nitrogens is 2. The third kappa shape index (κ3) is 1.88. The Labute approximate surface area is 146 Å². The monoisotopic (exact) mass is 337 g/mol. The van der Waals surface area contributed by atoms with Crippen molar-refractivity contribution in [3.05, 3.63) is 34.8 Å². The molecule has 6 nitrogen and oxygen atoms in total. The minimum absolute atomic E-state index is 0.122. The van der Waals surface area contributed by atoms with E-state index in [2.05, 4.69) is 28.0 Å². The molecule has 1 amide bonds. The van der Waals surface area contributed by atoms with Gasteiger partial charge in [-0.3, -0.25) is 4.79 Å². The van der Waals surface area contributed by atoms with E-state index in [4.69, 9.17) is 4.98 Å². The molecule has 0 spiro atoms. The van der Waals surface area contributed by atoms with Crippen LogP contribution in [0.25, 0.3) is 11.0 Å². The summed E-state index contributed by atoms with van der Waals surface area (Å²) in [4.78, 5) is 22.9. The van der Waals surface area contributed by atoms with Crippen molar-refractivity contribution in [1.29, 1.82) is 0 Å². The normalized spacial score (nSPS) is 24.2. The molecule has 6 heteroatoms. The Balaban J connectivity index is 1.62. The van der Waals surface area contributed by atoms with Crippen LogP contribution in [0.5, 0.6) is 0 Å². The van der Waals surface area contributed by atoms with Crippen molar-refractivity contribution >= 4 is 22.6 Å². The number of nitrogens with one attached hydrogen (secondary N) is 3. The van der Waals surface area contributed by atoms with E-state index >= 15 is 0 Å². The molecule has 1 aliphatic carbocycles. The van der Waals surface area contributed by atoms with Crippen LogP contribution < -0.4 is 15.8 Å². The summed E-state index contributed by atoms with van der Waals surface area (Å²) in [6.45, 7) is 6.71. The second-order valence-corrected chi connectivity index (χ2v) is 7.74. The SMILES string of the molecule is CCN1C(=O)C(C)(C)c2cc3[nH]c(C4NNC5=C4CCC5)nc3cc21. The first kappa shape index (κ1) is 15.0. The molecule has 1 unspecified atom stereocenters. The van der Waals surface area contributed by atoms with Gasteiger partial charge in [-0.25, -0.2) is 10.4 Å². The van der Waals surface area contributed by atoms with Gasteiger partial charge in [-0.15, -0.1) is 0 Å². The van der Waals surface area contributed by atoms with Crippen LogP contribution in [0.2, 0.25) is 0 Å². The van der Waals surface area contributed by atoms with Crippen LogP contribution in [-0.4, -0.2) is 22.4 Å². The van der Waals surface area contributed by atoms with E-state index in [9.17, 15) is 4.79 Å². The third-order valence-corrected chi connectivity index (χ3v) is 5.93. The standard InChI is InChI=1S/C19H23N5O/c1-4-24-15-9-14-13(8-11(15)19(2,3)18(24)25)20-17(21-14)16-10-6-5-7-12(10)22-23-16/h8-9,16,22-23H,4-7H2,1-3H3,(H,20,21). The van der Waals surface area contributed by atoms with Crippen molar-refractivity contribution < 1.29 is 4.79 Å². The van der Waals surface area contributed by atoms with Crippen molar-refractivity contribution in [3.63, 3.8) is 0 Å². The first-order chi connectivity index (χ1) is 12.0. The Bertz CT molecular complexity index is 939. The molecule has 1 atom stereocenters. The quantitative estimate of drug-likeness (QED) is 0.788. The lowest BCUT2D eigenvalue weighted by molar-refractivity contribution is -0.122. The number of rotatable bonds is 2. The number of H-pyrrole nitrogens is 1. The topological polar surface area (TPSA) is 73.1 Å². The summed E-state index contributed by atoms with van der Waals surface area (Å²) < 4.78 is 0. The molecule has 3 N–H and O–H groups in total. The molecule has 5 rings (SSSR count). The lowest BCUT2D eigenvalue weighted by Gasteiger charge is -2.18. The predicted octanol–water partition coefficient (Wildman–Crippen LogP) is 2.79. The molecule has 0 bridgehead atoms. The van der Waals surface area contributed by atoms with Crippen molar-refractivity contribution in [1.82, 2.24) is 20.8 Å². The first-order valence-electron chi connectivity index (χ1n) is 9.10. The van der Waals surface area contributed by atoms with Crippen molar-refractivity contribution in [2.45, 2.75) is 51.5 Å². The lowest BCUT2D eigenvalue weighted by Crippen LogP contribution is -2.35. The molecule has 0 radical (unpaired) electrons. The molecule has 1 aromatic carbocycles. The van der Waals surface area contributed by atoms with E-state index in [0.717, 1.165) is 41.0 Å². The Morgan fingerprint density at radius 1 is 1.32 bits per heavy atom.